The minimum atomic E-state index is -1.72. The molecule has 1 rings (SSSR count). The molecule has 0 aromatic heterocycles. The molecule has 0 bridgehead atoms. The molecule has 1 aromatic carbocycles. The van der Waals surface area contributed by atoms with E-state index in [0.717, 1.165) is 12.2 Å². The van der Waals surface area contributed by atoms with Crippen molar-refractivity contribution in [2.75, 3.05) is 0 Å². The van der Waals surface area contributed by atoms with Crippen LogP contribution in [0.2, 0.25) is 18.1 Å². The van der Waals surface area contributed by atoms with Gasteiger partial charge in [-0.2, -0.15) is 0 Å². The lowest BCUT2D eigenvalue weighted by atomic mass is 10.1. The van der Waals surface area contributed by atoms with Crippen molar-refractivity contribution >= 4 is 19.9 Å². The van der Waals surface area contributed by atoms with E-state index >= 15 is 0 Å². The number of hydrogen-bond donors (Lipinski definition) is 0. The Morgan fingerprint density at radius 2 is 1.72 bits per heavy atom. The zero-order chi connectivity index (χ0) is 13.8. The van der Waals surface area contributed by atoms with Crippen LogP contribution >= 0.6 is 11.6 Å². The fourth-order valence-electron chi connectivity index (χ4n) is 1.32. The van der Waals surface area contributed by atoms with E-state index in [-0.39, 0.29) is 5.04 Å². The van der Waals surface area contributed by atoms with E-state index < -0.39 is 8.32 Å². The molecule has 1 aromatic rings. The lowest BCUT2D eigenvalue weighted by molar-refractivity contribution is 0.492. The molecule has 0 unspecified atom stereocenters. The van der Waals surface area contributed by atoms with Crippen LogP contribution in [0.5, 0.6) is 5.75 Å². The maximum absolute atomic E-state index is 6.22. The van der Waals surface area contributed by atoms with Gasteiger partial charge < -0.3 is 4.43 Å². The van der Waals surface area contributed by atoms with Crippen molar-refractivity contribution in [3.8, 4) is 5.75 Å². The Labute approximate surface area is 117 Å². The molecule has 0 N–H and O–H groups in total. The van der Waals surface area contributed by atoms with Crippen molar-refractivity contribution in [1.29, 1.82) is 0 Å². The van der Waals surface area contributed by atoms with Crippen LogP contribution in [-0.2, 0) is 6.42 Å². The molecule has 0 spiro atoms. The first kappa shape index (κ1) is 15.3. The molecule has 18 heavy (non-hydrogen) atoms. The van der Waals surface area contributed by atoms with Gasteiger partial charge in [0.2, 0.25) is 8.32 Å². The van der Waals surface area contributed by atoms with Gasteiger partial charge in [-0.1, -0.05) is 50.6 Å². The zero-order valence-corrected chi connectivity index (χ0v) is 13.7. The number of hydrogen-bond acceptors (Lipinski definition) is 1. The number of rotatable bonds is 4. The molecule has 0 aliphatic rings. The summed E-state index contributed by atoms with van der Waals surface area (Å²) in [5.41, 5.74) is 2.80. The van der Waals surface area contributed by atoms with Crippen molar-refractivity contribution in [3.05, 3.63) is 41.4 Å². The van der Waals surface area contributed by atoms with Gasteiger partial charge in [-0.05, 0) is 42.2 Å². The summed E-state index contributed by atoms with van der Waals surface area (Å²) in [6, 6.07) is 8.30. The van der Waals surface area contributed by atoms with Crippen molar-refractivity contribution in [2.45, 2.75) is 45.3 Å². The number of benzene rings is 1. The maximum atomic E-state index is 6.22. The minimum Gasteiger partial charge on any atom is -0.544 e. The highest BCUT2D eigenvalue weighted by molar-refractivity contribution is 6.74. The first-order valence-electron chi connectivity index (χ1n) is 6.29. The van der Waals surface area contributed by atoms with E-state index in [1.54, 1.807) is 5.54 Å². The summed E-state index contributed by atoms with van der Waals surface area (Å²) in [6.45, 7) is 11.3. The fraction of sp³-hybridized carbons (Fsp3) is 0.467. The quantitative estimate of drug-likeness (QED) is 0.675. The standard InChI is InChI=1S/C15H23ClOSi/c1-15(2,3)18(4,5)17-14-10-8-13(9-11-14)7-6-12-16/h6,8-12H,7H2,1-5H3. The average Bonchev–Trinajstić information content (AvgIpc) is 2.26. The highest BCUT2D eigenvalue weighted by Gasteiger charge is 2.38. The van der Waals surface area contributed by atoms with Gasteiger partial charge >= 0.3 is 0 Å². The first-order valence-corrected chi connectivity index (χ1v) is 9.64. The van der Waals surface area contributed by atoms with E-state index in [1.165, 1.54) is 5.56 Å². The van der Waals surface area contributed by atoms with Crippen LogP contribution in [0.25, 0.3) is 0 Å². The summed E-state index contributed by atoms with van der Waals surface area (Å²) in [6.07, 6.45) is 2.80. The van der Waals surface area contributed by atoms with Crippen LogP contribution in [0.15, 0.2) is 35.9 Å². The van der Waals surface area contributed by atoms with Crippen LogP contribution < -0.4 is 4.43 Å². The third-order valence-corrected chi connectivity index (χ3v) is 8.08. The molecule has 0 fully saturated rings. The third-order valence-electron chi connectivity index (χ3n) is 3.55. The van der Waals surface area contributed by atoms with Gasteiger partial charge in [-0.25, -0.2) is 0 Å². The van der Waals surface area contributed by atoms with Gasteiger partial charge in [-0.3, -0.25) is 0 Å². The normalized spacial score (nSPS) is 13.0. The first-order chi connectivity index (χ1) is 8.26. The van der Waals surface area contributed by atoms with Gasteiger partial charge in [0.25, 0.3) is 0 Å². The lowest BCUT2D eigenvalue weighted by Crippen LogP contribution is -2.43. The van der Waals surface area contributed by atoms with Gasteiger partial charge in [0.15, 0.2) is 0 Å². The predicted molar refractivity (Wildman–Crippen MR) is 83.0 cm³/mol. The molecule has 0 radical (unpaired) electrons. The molecule has 0 saturated carbocycles. The van der Waals surface area contributed by atoms with Gasteiger partial charge in [0, 0.05) is 5.54 Å². The molecule has 0 heterocycles. The van der Waals surface area contributed by atoms with E-state index in [2.05, 4.69) is 58.1 Å². The van der Waals surface area contributed by atoms with Crippen molar-refractivity contribution in [1.82, 2.24) is 0 Å². The molecule has 1 nitrogen and oxygen atoms in total. The summed E-state index contributed by atoms with van der Waals surface area (Å²) in [5.74, 6) is 0.972. The molecule has 0 atom stereocenters. The Kier molecular flexibility index (Phi) is 5.06. The Bertz CT molecular complexity index is 401. The van der Waals surface area contributed by atoms with Crippen LogP contribution in [0.1, 0.15) is 26.3 Å². The zero-order valence-electron chi connectivity index (χ0n) is 12.0. The fourth-order valence-corrected chi connectivity index (χ4v) is 2.44. The van der Waals surface area contributed by atoms with Gasteiger partial charge in [-0.15, -0.1) is 0 Å². The summed E-state index contributed by atoms with van der Waals surface area (Å²) >= 11 is 5.52. The third kappa shape index (κ3) is 4.18. The molecule has 0 aliphatic heterocycles. The second-order valence-corrected chi connectivity index (χ2v) is 11.0. The predicted octanol–water partition coefficient (Wildman–Crippen LogP) is 5.37. The second kappa shape index (κ2) is 5.94. The molecule has 3 heteroatoms. The molecule has 100 valence electrons. The summed E-state index contributed by atoms with van der Waals surface area (Å²) in [5, 5.41) is 0.229. The molecule has 0 amide bonds. The van der Waals surface area contributed by atoms with Crippen molar-refractivity contribution in [3.63, 3.8) is 0 Å². The Balaban J connectivity index is 2.75. The largest absolute Gasteiger partial charge is 0.544 e. The number of allylic oxidation sites excluding steroid dienone is 1. The maximum Gasteiger partial charge on any atom is 0.250 e. The smallest absolute Gasteiger partial charge is 0.250 e. The minimum absolute atomic E-state index is 0.229. The van der Waals surface area contributed by atoms with E-state index in [0.29, 0.717) is 0 Å². The van der Waals surface area contributed by atoms with Crippen LogP contribution in [0.3, 0.4) is 0 Å². The Hall–Kier alpha value is -0.733. The van der Waals surface area contributed by atoms with Crippen LogP contribution in [-0.4, -0.2) is 8.32 Å². The van der Waals surface area contributed by atoms with E-state index in [9.17, 15) is 0 Å². The van der Waals surface area contributed by atoms with Crippen molar-refractivity contribution < 1.29 is 4.43 Å². The van der Waals surface area contributed by atoms with Crippen molar-refractivity contribution in [2.24, 2.45) is 0 Å². The Morgan fingerprint density at radius 1 is 1.17 bits per heavy atom. The second-order valence-electron chi connectivity index (χ2n) is 6.07. The number of halogens is 1. The highest BCUT2D eigenvalue weighted by atomic mass is 35.5. The average molecular weight is 283 g/mol. The topological polar surface area (TPSA) is 9.23 Å². The summed E-state index contributed by atoms with van der Waals surface area (Å²) < 4.78 is 6.22. The van der Waals surface area contributed by atoms with E-state index in [1.807, 2.05) is 6.08 Å². The molecule has 0 aliphatic carbocycles. The molecular formula is C15H23ClOSi. The Morgan fingerprint density at radius 3 is 2.17 bits per heavy atom. The van der Waals surface area contributed by atoms with Crippen LogP contribution in [0.4, 0.5) is 0 Å². The summed E-state index contributed by atoms with van der Waals surface area (Å²) in [7, 11) is -1.72. The lowest BCUT2D eigenvalue weighted by Gasteiger charge is -2.36. The monoisotopic (exact) mass is 282 g/mol. The van der Waals surface area contributed by atoms with Gasteiger partial charge in [0.05, 0.1) is 0 Å². The summed E-state index contributed by atoms with van der Waals surface area (Å²) in [4.78, 5) is 0. The SMILES string of the molecule is CC(C)(C)[Si](C)(C)Oc1ccc(CC=CCl)cc1. The van der Waals surface area contributed by atoms with E-state index in [4.69, 9.17) is 16.0 Å². The molecule has 0 saturated heterocycles. The highest BCUT2D eigenvalue weighted by Crippen LogP contribution is 2.37. The van der Waals surface area contributed by atoms with Crippen LogP contribution in [0, 0.1) is 0 Å². The van der Waals surface area contributed by atoms with Gasteiger partial charge in [0.1, 0.15) is 5.75 Å². The molecular weight excluding hydrogens is 260 g/mol.